The molecular formula is C55H36O. The Labute approximate surface area is 325 Å². The van der Waals surface area contributed by atoms with Crippen LogP contribution in [0.1, 0.15) is 25.0 Å². The molecule has 1 heteroatoms. The largest absolute Gasteiger partial charge is 0.456 e. The fourth-order valence-corrected chi connectivity index (χ4v) is 10.1. The Bertz CT molecular complexity index is 3380. The van der Waals surface area contributed by atoms with Crippen LogP contribution in [-0.4, -0.2) is 0 Å². The molecule has 0 N–H and O–H groups in total. The highest BCUT2D eigenvalue weighted by molar-refractivity contribution is 6.24. The molecule has 0 fully saturated rings. The summed E-state index contributed by atoms with van der Waals surface area (Å²) in [4.78, 5) is 0. The molecular weight excluding hydrogens is 677 g/mol. The molecule has 12 rings (SSSR count). The van der Waals surface area contributed by atoms with Crippen molar-refractivity contribution in [1.82, 2.24) is 0 Å². The summed E-state index contributed by atoms with van der Waals surface area (Å²) in [5.41, 5.74) is 14.7. The Kier molecular flexibility index (Phi) is 6.46. The normalized spacial score (nSPS) is 13.3. The zero-order valence-electron chi connectivity index (χ0n) is 31.2. The Hall–Kier alpha value is -6.96. The molecule has 56 heavy (non-hydrogen) atoms. The van der Waals surface area contributed by atoms with Gasteiger partial charge in [-0.2, -0.15) is 0 Å². The Morgan fingerprint density at radius 3 is 1.62 bits per heavy atom. The summed E-state index contributed by atoms with van der Waals surface area (Å²) < 4.78 is 6.32. The Balaban J connectivity index is 1.08. The van der Waals surface area contributed by atoms with Crippen molar-refractivity contribution >= 4 is 65.0 Å². The molecule has 1 aliphatic carbocycles. The smallest absolute Gasteiger partial charge is 0.136 e. The molecule has 0 aliphatic heterocycles. The maximum absolute atomic E-state index is 6.32. The van der Waals surface area contributed by atoms with E-state index in [2.05, 4.69) is 190 Å². The van der Waals surface area contributed by atoms with Gasteiger partial charge in [-0.25, -0.2) is 0 Å². The number of furan rings is 1. The molecule has 0 bridgehead atoms. The average molecular weight is 713 g/mol. The molecule has 10 aromatic carbocycles. The summed E-state index contributed by atoms with van der Waals surface area (Å²) in [7, 11) is 0. The zero-order chi connectivity index (χ0) is 37.1. The number of fused-ring (bicyclic) bond motifs is 11. The standard InChI is InChI=1S/C55H36O/c1-55(2)48-28-24-34(30-46(48)47-32-45-35(31-49(47)55)25-29-51-54(45)44-22-12-13-23-50(44)56-51)36-26-27-43(38-17-7-6-16-37(36)38)53-41-20-10-8-18-39(41)52(33-14-4-3-5-15-33)40-19-9-11-21-42(40)53/h3-32H,1-2H3. The summed E-state index contributed by atoms with van der Waals surface area (Å²) in [6.07, 6.45) is 0. The molecule has 0 radical (unpaired) electrons. The van der Waals surface area contributed by atoms with Crippen molar-refractivity contribution in [2.75, 3.05) is 0 Å². The summed E-state index contributed by atoms with van der Waals surface area (Å²) in [5, 5.41) is 12.5. The van der Waals surface area contributed by atoms with Crippen LogP contribution in [0.4, 0.5) is 0 Å². The van der Waals surface area contributed by atoms with E-state index < -0.39 is 0 Å². The van der Waals surface area contributed by atoms with E-state index in [1.165, 1.54) is 109 Å². The first-order valence-corrected chi connectivity index (χ1v) is 19.6. The van der Waals surface area contributed by atoms with Crippen molar-refractivity contribution in [2.24, 2.45) is 0 Å². The number of benzene rings is 10. The predicted molar refractivity (Wildman–Crippen MR) is 238 cm³/mol. The van der Waals surface area contributed by atoms with Gasteiger partial charge in [0.05, 0.1) is 0 Å². The van der Waals surface area contributed by atoms with Gasteiger partial charge in [-0.1, -0.05) is 166 Å². The topological polar surface area (TPSA) is 13.1 Å². The Morgan fingerprint density at radius 1 is 0.339 bits per heavy atom. The van der Waals surface area contributed by atoms with Gasteiger partial charge in [-0.05, 0) is 129 Å². The third-order valence-corrected chi connectivity index (χ3v) is 12.7. The van der Waals surface area contributed by atoms with Crippen molar-refractivity contribution < 1.29 is 4.42 Å². The maximum atomic E-state index is 6.32. The molecule has 0 amide bonds. The average Bonchev–Trinajstić information content (AvgIpc) is 3.73. The molecule has 262 valence electrons. The lowest BCUT2D eigenvalue weighted by Gasteiger charge is -2.22. The minimum atomic E-state index is -0.120. The molecule has 1 nitrogen and oxygen atoms in total. The second kappa shape index (κ2) is 11.5. The monoisotopic (exact) mass is 712 g/mol. The number of hydrogen-bond donors (Lipinski definition) is 0. The van der Waals surface area contributed by atoms with Crippen LogP contribution in [0.25, 0.3) is 110 Å². The SMILES string of the molecule is CC1(C)c2ccc(-c3ccc(-c4c5ccccc5c(-c5ccccc5)c5ccccc45)c4ccccc34)cc2-c2cc3c(ccc4oc5ccccc5c43)cc21. The van der Waals surface area contributed by atoms with E-state index in [0.717, 1.165) is 11.2 Å². The lowest BCUT2D eigenvalue weighted by atomic mass is 9.81. The summed E-state index contributed by atoms with van der Waals surface area (Å²) in [6, 6.07) is 67.2. The first-order chi connectivity index (χ1) is 27.5. The van der Waals surface area contributed by atoms with Crippen molar-refractivity contribution in [3.63, 3.8) is 0 Å². The van der Waals surface area contributed by atoms with Crippen molar-refractivity contribution in [3.8, 4) is 44.5 Å². The molecule has 0 saturated heterocycles. The number of hydrogen-bond acceptors (Lipinski definition) is 1. The van der Waals surface area contributed by atoms with Crippen molar-refractivity contribution in [3.05, 3.63) is 193 Å². The van der Waals surface area contributed by atoms with Gasteiger partial charge in [0.1, 0.15) is 11.2 Å². The first kappa shape index (κ1) is 31.4. The van der Waals surface area contributed by atoms with Crippen LogP contribution in [0.15, 0.2) is 186 Å². The number of rotatable bonds is 3. The number of para-hydroxylation sites is 1. The second-order valence-corrected chi connectivity index (χ2v) is 16.0. The van der Waals surface area contributed by atoms with Gasteiger partial charge in [0.25, 0.3) is 0 Å². The van der Waals surface area contributed by atoms with Gasteiger partial charge >= 0.3 is 0 Å². The van der Waals surface area contributed by atoms with Gasteiger partial charge in [0, 0.05) is 16.2 Å². The van der Waals surface area contributed by atoms with E-state index in [0.29, 0.717) is 0 Å². The second-order valence-electron chi connectivity index (χ2n) is 16.0. The molecule has 1 aliphatic rings. The lowest BCUT2D eigenvalue weighted by Crippen LogP contribution is -2.14. The molecule has 11 aromatic rings. The molecule has 0 spiro atoms. The molecule has 0 atom stereocenters. The van der Waals surface area contributed by atoms with E-state index in [4.69, 9.17) is 4.42 Å². The van der Waals surface area contributed by atoms with Crippen LogP contribution in [0.3, 0.4) is 0 Å². The Morgan fingerprint density at radius 2 is 0.911 bits per heavy atom. The summed E-state index contributed by atoms with van der Waals surface area (Å²) >= 11 is 0. The third kappa shape index (κ3) is 4.31. The van der Waals surface area contributed by atoms with Crippen LogP contribution in [0.2, 0.25) is 0 Å². The molecule has 0 saturated carbocycles. The molecule has 1 aromatic heterocycles. The predicted octanol–water partition coefficient (Wildman–Crippen LogP) is 15.5. The van der Waals surface area contributed by atoms with E-state index in [1.807, 2.05) is 6.07 Å². The van der Waals surface area contributed by atoms with Crippen LogP contribution in [-0.2, 0) is 5.41 Å². The van der Waals surface area contributed by atoms with Gasteiger partial charge < -0.3 is 4.42 Å². The fourth-order valence-electron chi connectivity index (χ4n) is 10.1. The van der Waals surface area contributed by atoms with Gasteiger partial charge in [0.2, 0.25) is 0 Å². The minimum Gasteiger partial charge on any atom is -0.456 e. The highest BCUT2D eigenvalue weighted by atomic mass is 16.3. The third-order valence-electron chi connectivity index (χ3n) is 12.7. The van der Waals surface area contributed by atoms with Crippen molar-refractivity contribution in [2.45, 2.75) is 19.3 Å². The van der Waals surface area contributed by atoms with Crippen LogP contribution in [0.5, 0.6) is 0 Å². The highest BCUT2D eigenvalue weighted by Crippen LogP contribution is 2.53. The van der Waals surface area contributed by atoms with Crippen LogP contribution in [0, 0.1) is 0 Å². The summed E-state index contributed by atoms with van der Waals surface area (Å²) in [6.45, 7) is 4.74. The van der Waals surface area contributed by atoms with E-state index >= 15 is 0 Å². The van der Waals surface area contributed by atoms with Crippen LogP contribution >= 0.6 is 0 Å². The molecule has 0 unspecified atom stereocenters. The van der Waals surface area contributed by atoms with Gasteiger partial charge in [0.15, 0.2) is 0 Å². The lowest BCUT2D eigenvalue weighted by molar-refractivity contribution is 0.661. The van der Waals surface area contributed by atoms with Crippen molar-refractivity contribution in [1.29, 1.82) is 0 Å². The fraction of sp³-hybridized carbons (Fsp3) is 0.0545. The zero-order valence-corrected chi connectivity index (χ0v) is 31.2. The molecule has 1 heterocycles. The van der Waals surface area contributed by atoms with E-state index in [9.17, 15) is 0 Å². The highest BCUT2D eigenvalue weighted by Gasteiger charge is 2.36. The van der Waals surface area contributed by atoms with Gasteiger partial charge in [-0.3, -0.25) is 0 Å². The van der Waals surface area contributed by atoms with E-state index in [1.54, 1.807) is 0 Å². The van der Waals surface area contributed by atoms with Crippen LogP contribution < -0.4 is 0 Å². The minimum absolute atomic E-state index is 0.120. The van der Waals surface area contributed by atoms with Gasteiger partial charge in [-0.15, -0.1) is 0 Å². The quantitative estimate of drug-likeness (QED) is 0.166. The first-order valence-electron chi connectivity index (χ1n) is 19.6. The van der Waals surface area contributed by atoms with E-state index in [-0.39, 0.29) is 5.41 Å². The maximum Gasteiger partial charge on any atom is 0.136 e. The summed E-state index contributed by atoms with van der Waals surface area (Å²) in [5.74, 6) is 0.